The fourth-order valence-corrected chi connectivity index (χ4v) is 5.86. The monoisotopic (exact) mass is 727 g/mol. The van der Waals surface area contributed by atoms with Crippen molar-refractivity contribution in [1.82, 2.24) is 19.5 Å². The number of anilines is 1. The van der Waals surface area contributed by atoms with E-state index < -0.39 is 79.5 Å². The first-order chi connectivity index (χ1) is 18.4. The van der Waals surface area contributed by atoms with E-state index in [9.17, 15) is 53.4 Å². The summed E-state index contributed by atoms with van der Waals surface area (Å²) in [7, 11) is -17.5. The molecule has 0 radical (unpaired) electrons. The van der Waals surface area contributed by atoms with Gasteiger partial charge < -0.3 is 73.4 Å². The fourth-order valence-electron chi connectivity index (χ4n) is 3.31. The molecule has 9 atom stereocenters. The molecule has 22 nitrogen and oxygen atoms in total. The Morgan fingerprint density at radius 2 is 1.61 bits per heavy atom. The molecule has 6 N–H and O–H groups in total. The zero-order chi connectivity index (χ0) is 30.0. The standard InChI is InChI=1S/C15H24N5O17P3.4Na/c16-13-9-14(18-4-17-13)20(5-19-9)15-12(36-38(26,27)28)11(25)8(35-15)3-34-40(31,32)37-39(29,30)33-2-7(23)10(24)6(22)1-21;;;;/h1,4-8,10-12,15,22-25H,2-3H2,(H,29,30)(H,31,32)(H2,16,17,18)(H2,26,27,28);;;;/q;4*+1/p-4/t6-,7+,8+,10-,11+,12+,15+;;;;/m0..../s1. The predicted octanol–water partition coefficient (Wildman–Crippen LogP) is -17.8. The van der Waals surface area contributed by atoms with E-state index in [2.05, 4.69) is 32.8 Å². The number of aldehydes is 1. The van der Waals surface area contributed by atoms with E-state index >= 15 is 0 Å². The number of nitrogens with zero attached hydrogens (tertiary/aromatic N) is 4. The zero-order valence-corrected chi connectivity index (χ0v) is 34.2. The van der Waals surface area contributed by atoms with Gasteiger partial charge in [-0.25, -0.2) is 19.3 Å². The summed E-state index contributed by atoms with van der Waals surface area (Å²) in [5, 5.41) is 38.5. The van der Waals surface area contributed by atoms with Gasteiger partial charge in [-0.1, -0.05) is 0 Å². The van der Waals surface area contributed by atoms with Crippen molar-refractivity contribution in [2.24, 2.45) is 0 Å². The number of aliphatic hydroxyl groups excluding tert-OH is 4. The van der Waals surface area contributed by atoms with E-state index in [-0.39, 0.29) is 141 Å². The van der Waals surface area contributed by atoms with Crippen LogP contribution in [0.4, 0.5) is 5.82 Å². The average molecular weight is 727 g/mol. The van der Waals surface area contributed by atoms with E-state index in [1.54, 1.807) is 0 Å². The van der Waals surface area contributed by atoms with Gasteiger partial charge >= 0.3 is 118 Å². The third-order valence-electron chi connectivity index (χ3n) is 5.11. The molecule has 3 heterocycles. The Kier molecular flexibility index (Phi) is 22.1. The van der Waals surface area contributed by atoms with Crippen molar-refractivity contribution in [3.05, 3.63) is 12.7 Å². The van der Waals surface area contributed by atoms with E-state index in [4.69, 9.17) is 15.6 Å². The number of fused-ring (bicyclic) bond motifs is 1. The first-order valence-electron chi connectivity index (χ1n) is 10.5. The van der Waals surface area contributed by atoms with Crippen molar-refractivity contribution in [3.8, 4) is 0 Å². The number of nitrogens with two attached hydrogens (primary N) is 1. The second-order valence-electron chi connectivity index (χ2n) is 7.91. The maximum absolute atomic E-state index is 12.0. The summed E-state index contributed by atoms with van der Waals surface area (Å²) in [6, 6.07) is 0. The number of hydrogen-bond acceptors (Lipinski definition) is 21. The number of aliphatic hydroxyl groups is 4. The fraction of sp³-hybridized carbons (Fsp3) is 0.600. The van der Waals surface area contributed by atoms with Crippen molar-refractivity contribution >= 4 is 46.7 Å². The van der Waals surface area contributed by atoms with Crippen LogP contribution in [0.5, 0.6) is 0 Å². The maximum Gasteiger partial charge on any atom is 1.00 e. The van der Waals surface area contributed by atoms with Crippen LogP contribution in [0.3, 0.4) is 0 Å². The van der Waals surface area contributed by atoms with E-state index in [1.165, 1.54) is 0 Å². The van der Waals surface area contributed by atoms with Gasteiger partial charge in [-0.2, -0.15) is 0 Å². The number of phosphoric acid groups is 3. The summed E-state index contributed by atoms with van der Waals surface area (Å²) in [6.07, 6.45) is -12.2. The van der Waals surface area contributed by atoms with Crippen LogP contribution in [0, 0.1) is 0 Å². The minimum Gasteiger partial charge on any atom is -0.790 e. The Morgan fingerprint density at radius 1 is 1.02 bits per heavy atom. The van der Waals surface area contributed by atoms with Crippen LogP contribution in [0.2, 0.25) is 0 Å². The molecule has 2 aromatic rings. The number of phosphoric ester groups is 3. The molecule has 0 saturated carbocycles. The third-order valence-corrected chi connectivity index (χ3v) is 8.14. The SMILES string of the molecule is Nc1ncnc2c1ncn2[C@@H]1O[C@H](COP(=O)([O-])OP(=O)([O-])OC[C@@H](O)[C@@H](O)[C@@H](O)C=O)[C@@H](O)[C@H]1OP(=O)([O-])[O-].[Na+].[Na+].[Na+].[Na+]. The molecule has 2 aromatic heterocycles. The first kappa shape index (κ1) is 48.3. The van der Waals surface area contributed by atoms with E-state index in [0.717, 1.165) is 17.2 Å². The molecule has 226 valence electrons. The number of carbonyl (C=O) groups excluding carboxylic acids is 1. The Hall–Kier alpha value is 2.19. The molecule has 0 bridgehead atoms. The molecule has 1 aliphatic heterocycles. The molecule has 29 heteroatoms. The molecule has 1 saturated heterocycles. The van der Waals surface area contributed by atoms with Crippen molar-refractivity contribution in [3.63, 3.8) is 0 Å². The number of rotatable bonds is 14. The molecule has 0 spiro atoms. The Labute approximate surface area is 336 Å². The van der Waals surface area contributed by atoms with Crippen LogP contribution in [-0.2, 0) is 41.1 Å². The summed E-state index contributed by atoms with van der Waals surface area (Å²) in [4.78, 5) is 68.3. The molecular formula is C15H20N5Na4O17P3. The maximum atomic E-state index is 12.0. The van der Waals surface area contributed by atoms with Gasteiger partial charge in [0, 0.05) is 0 Å². The number of nitrogen functional groups attached to an aromatic ring is 1. The molecule has 44 heavy (non-hydrogen) atoms. The van der Waals surface area contributed by atoms with Crippen LogP contribution in [0.25, 0.3) is 11.2 Å². The molecule has 3 rings (SSSR count). The smallest absolute Gasteiger partial charge is 0.790 e. The summed E-state index contributed by atoms with van der Waals surface area (Å²) in [6.45, 7) is -2.58. The number of carbonyl (C=O) groups is 1. The summed E-state index contributed by atoms with van der Waals surface area (Å²) >= 11 is 0. The Balaban J connectivity index is 0. The average Bonchev–Trinajstić information content (AvgIpc) is 3.41. The van der Waals surface area contributed by atoms with E-state index in [0.29, 0.717) is 0 Å². The largest absolute Gasteiger partial charge is 1.00 e. The quantitative estimate of drug-likeness (QED) is 0.0685. The minimum atomic E-state index is -5.85. The van der Waals surface area contributed by atoms with Gasteiger partial charge in [0.1, 0.15) is 48.5 Å². The molecule has 2 unspecified atom stereocenters. The molecule has 0 amide bonds. The Morgan fingerprint density at radius 3 is 2.18 bits per heavy atom. The van der Waals surface area contributed by atoms with Gasteiger partial charge in [0.15, 0.2) is 24.0 Å². The van der Waals surface area contributed by atoms with Gasteiger partial charge in [-0.3, -0.25) is 13.7 Å². The van der Waals surface area contributed by atoms with Crippen LogP contribution in [0.1, 0.15) is 6.23 Å². The summed E-state index contributed by atoms with van der Waals surface area (Å²) < 4.78 is 58.2. The van der Waals surface area contributed by atoms with Gasteiger partial charge in [0.25, 0.3) is 15.6 Å². The van der Waals surface area contributed by atoms with Gasteiger partial charge in [0.2, 0.25) is 0 Å². The van der Waals surface area contributed by atoms with Gasteiger partial charge in [0.05, 0.1) is 27.4 Å². The van der Waals surface area contributed by atoms with Crippen LogP contribution < -0.4 is 144 Å². The normalized spacial score (nSPS) is 24.6. The van der Waals surface area contributed by atoms with Gasteiger partial charge in [-0.05, 0) is 0 Å². The first-order valence-corrected chi connectivity index (χ1v) is 14.9. The molecular weight excluding hydrogens is 707 g/mol. The number of aromatic nitrogens is 4. The number of imidazole rings is 1. The van der Waals surface area contributed by atoms with Crippen LogP contribution in [-0.4, -0.2) is 96.1 Å². The predicted molar refractivity (Wildman–Crippen MR) is 114 cm³/mol. The summed E-state index contributed by atoms with van der Waals surface area (Å²) in [5.74, 6) is -0.103. The second kappa shape index (κ2) is 20.1. The number of ether oxygens (including phenoxy) is 1. The van der Waals surface area contributed by atoms with Crippen molar-refractivity contribution in [2.45, 2.75) is 42.9 Å². The topological polar surface area (TPSA) is 357 Å². The van der Waals surface area contributed by atoms with Gasteiger partial charge in [-0.15, -0.1) is 0 Å². The summed E-state index contributed by atoms with van der Waals surface area (Å²) in [5.41, 5.74) is 5.61. The Bertz CT molecular complexity index is 1360. The third kappa shape index (κ3) is 13.5. The molecule has 0 aliphatic carbocycles. The van der Waals surface area contributed by atoms with Crippen molar-refractivity contribution in [2.75, 3.05) is 18.9 Å². The van der Waals surface area contributed by atoms with Crippen LogP contribution in [0.15, 0.2) is 12.7 Å². The number of hydrogen-bond donors (Lipinski definition) is 5. The molecule has 1 fully saturated rings. The molecule has 1 aliphatic rings. The van der Waals surface area contributed by atoms with Crippen LogP contribution >= 0.6 is 23.5 Å². The minimum absolute atomic E-state index is 0. The second-order valence-corrected chi connectivity index (χ2v) is 12.0. The molecule has 0 aromatic carbocycles. The zero-order valence-electron chi connectivity index (χ0n) is 23.5. The van der Waals surface area contributed by atoms with Crippen molar-refractivity contribution in [1.29, 1.82) is 0 Å². The van der Waals surface area contributed by atoms with Crippen molar-refractivity contribution < 1.29 is 199 Å². The van der Waals surface area contributed by atoms with E-state index in [1.807, 2.05) is 0 Å².